The minimum atomic E-state index is -0.182. The molecule has 0 aromatic carbocycles. The Morgan fingerprint density at radius 3 is 2.67 bits per heavy atom. The first-order valence-corrected chi connectivity index (χ1v) is 9.42. The van der Waals surface area contributed by atoms with E-state index in [1.807, 2.05) is 39.5 Å². The lowest BCUT2D eigenvalue weighted by atomic mass is 9.98. The molecule has 0 radical (unpaired) electrons. The van der Waals surface area contributed by atoms with Crippen molar-refractivity contribution in [3.8, 4) is 0 Å². The van der Waals surface area contributed by atoms with E-state index in [0.717, 1.165) is 34.8 Å². The van der Waals surface area contributed by atoms with E-state index < -0.39 is 0 Å². The molecule has 3 rings (SSSR count). The van der Waals surface area contributed by atoms with Crippen LogP contribution in [0.4, 0.5) is 0 Å². The van der Waals surface area contributed by atoms with E-state index in [2.05, 4.69) is 5.10 Å². The van der Waals surface area contributed by atoms with Gasteiger partial charge < -0.3 is 4.90 Å². The second kappa shape index (κ2) is 6.67. The maximum absolute atomic E-state index is 12.9. The summed E-state index contributed by atoms with van der Waals surface area (Å²) in [6, 6.07) is 0. The van der Waals surface area contributed by atoms with Crippen molar-refractivity contribution in [1.82, 2.24) is 19.7 Å². The summed E-state index contributed by atoms with van der Waals surface area (Å²) in [5, 5.41) is 5.50. The average Bonchev–Trinajstić information content (AvgIpc) is 3.06. The Labute approximate surface area is 147 Å². The molecule has 0 saturated heterocycles. The van der Waals surface area contributed by atoms with Gasteiger partial charge in [-0.15, -0.1) is 11.3 Å². The maximum Gasteiger partial charge on any atom is 0.230 e. The predicted molar refractivity (Wildman–Crippen MR) is 96.3 cm³/mol. The van der Waals surface area contributed by atoms with E-state index in [4.69, 9.17) is 4.98 Å². The van der Waals surface area contributed by atoms with E-state index >= 15 is 0 Å². The number of carbonyl (C=O) groups is 1. The number of rotatable bonds is 4. The van der Waals surface area contributed by atoms with Crippen LogP contribution in [0.1, 0.15) is 58.2 Å². The van der Waals surface area contributed by atoms with Crippen molar-refractivity contribution in [3.05, 3.63) is 32.5 Å². The molecule has 24 heavy (non-hydrogen) atoms. The van der Waals surface area contributed by atoms with Crippen LogP contribution in [-0.2, 0) is 31.2 Å². The Hall–Kier alpha value is -1.69. The zero-order valence-corrected chi connectivity index (χ0v) is 16.0. The number of fused-ring (bicyclic) bond motifs is 1. The smallest absolute Gasteiger partial charge is 0.230 e. The number of hydrogen-bond donors (Lipinski definition) is 0. The molecule has 1 atom stereocenters. The molecule has 0 saturated carbocycles. The van der Waals surface area contributed by atoms with E-state index in [0.29, 0.717) is 6.54 Å². The monoisotopic (exact) mass is 346 g/mol. The van der Waals surface area contributed by atoms with E-state index in [1.54, 1.807) is 16.2 Å². The third-order valence-corrected chi connectivity index (χ3v) is 6.15. The third-order valence-electron chi connectivity index (χ3n) is 5.01. The number of amides is 1. The van der Waals surface area contributed by atoms with Gasteiger partial charge in [0.05, 0.1) is 23.9 Å². The molecule has 0 N–H and O–H groups in total. The number of aromatic nitrogens is 3. The summed E-state index contributed by atoms with van der Waals surface area (Å²) in [5.41, 5.74) is 4.31. The van der Waals surface area contributed by atoms with E-state index in [1.165, 1.54) is 23.4 Å². The largest absolute Gasteiger partial charge is 0.338 e. The molecule has 130 valence electrons. The van der Waals surface area contributed by atoms with Gasteiger partial charge in [0.25, 0.3) is 0 Å². The molecule has 2 aromatic heterocycles. The number of nitrogens with zero attached hydrogens (tertiary/aromatic N) is 4. The first kappa shape index (κ1) is 17.1. The fraction of sp³-hybridized carbons (Fsp3) is 0.611. The maximum atomic E-state index is 12.9. The van der Waals surface area contributed by atoms with E-state index in [-0.39, 0.29) is 11.8 Å². The molecule has 5 nitrogen and oxygen atoms in total. The summed E-state index contributed by atoms with van der Waals surface area (Å²) in [6.45, 7) is 6.57. The van der Waals surface area contributed by atoms with Crippen molar-refractivity contribution in [3.63, 3.8) is 0 Å². The van der Waals surface area contributed by atoms with Crippen LogP contribution in [0.2, 0.25) is 0 Å². The molecule has 2 heterocycles. The lowest BCUT2D eigenvalue weighted by Crippen LogP contribution is -2.30. The summed E-state index contributed by atoms with van der Waals surface area (Å²) in [6.07, 6.45) is 4.74. The normalized spacial score (nSPS) is 15.2. The van der Waals surface area contributed by atoms with Crippen LogP contribution in [-0.4, -0.2) is 32.6 Å². The third kappa shape index (κ3) is 3.11. The van der Waals surface area contributed by atoms with Gasteiger partial charge in [0.15, 0.2) is 0 Å². The Morgan fingerprint density at radius 2 is 2.04 bits per heavy atom. The highest BCUT2D eigenvalue weighted by atomic mass is 32.1. The van der Waals surface area contributed by atoms with Gasteiger partial charge in [-0.05, 0) is 46.5 Å². The zero-order valence-electron chi connectivity index (χ0n) is 15.2. The van der Waals surface area contributed by atoms with Gasteiger partial charge in [-0.2, -0.15) is 5.10 Å². The fourth-order valence-electron chi connectivity index (χ4n) is 3.62. The molecule has 1 aliphatic carbocycles. The Bertz CT molecular complexity index is 738. The second-order valence-electron chi connectivity index (χ2n) is 6.81. The molecule has 1 unspecified atom stereocenters. The minimum Gasteiger partial charge on any atom is -0.338 e. The van der Waals surface area contributed by atoms with Crippen molar-refractivity contribution in [1.29, 1.82) is 0 Å². The zero-order chi connectivity index (χ0) is 17.4. The SMILES string of the molecule is Cc1nn(C)c(C)c1C(C)C(=O)N(C)Cc1nc2c(s1)CCCC2. The molecular formula is C18H26N4OS. The quantitative estimate of drug-likeness (QED) is 0.854. The van der Waals surface area contributed by atoms with Gasteiger partial charge in [-0.3, -0.25) is 9.48 Å². The molecule has 0 spiro atoms. The number of thiazole rings is 1. The topological polar surface area (TPSA) is 51.0 Å². The first-order chi connectivity index (χ1) is 11.4. The van der Waals surface area contributed by atoms with Gasteiger partial charge >= 0.3 is 0 Å². The molecule has 0 bridgehead atoms. The van der Waals surface area contributed by atoms with Gasteiger partial charge in [0, 0.05) is 30.2 Å². The van der Waals surface area contributed by atoms with Crippen molar-refractivity contribution < 1.29 is 4.79 Å². The molecular weight excluding hydrogens is 320 g/mol. The lowest BCUT2D eigenvalue weighted by molar-refractivity contribution is -0.131. The van der Waals surface area contributed by atoms with Gasteiger partial charge in [-0.1, -0.05) is 0 Å². The van der Waals surface area contributed by atoms with Crippen LogP contribution < -0.4 is 0 Å². The van der Waals surface area contributed by atoms with Crippen molar-refractivity contribution in [2.75, 3.05) is 7.05 Å². The molecule has 2 aromatic rings. The van der Waals surface area contributed by atoms with Crippen molar-refractivity contribution in [2.24, 2.45) is 7.05 Å². The minimum absolute atomic E-state index is 0.127. The Balaban J connectivity index is 1.73. The number of likely N-dealkylation sites (N-methyl/N-ethyl adjacent to an activating group) is 1. The molecule has 1 amide bonds. The Morgan fingerprint density at radius 1 is 1.33 bits per heavy atom. The van der Waals surface area contributed by atoms with Gasteiger partial charge in [0.1, 0.15) is 5.01 Å². The summed E-state index contributed by atoms with van der Waals surface area (Å²) in [5.74, 6) is -0.0549. The molecule has 0 aliphatic heterocycles. The average molecular weight is 347 g/mol. The standard InChI is InChI=1S/C18H26N4OS/c1-11(17-12(2)20-22(5)13(17)3)18(23)21(4)10-16-19-14-8-6-7-9-15(14)24-16/h11H,6-10H2,1-5H3. The van der Waals surface area contributed by atoms with Crippen molar-refractivity contribution in [2.45, 2.75) is 58.9 Å². The van der Waals surface area contributed by atoms with Crippen LogP contribution in [0.15, 0.2) is 0 Å². The van der Waals surface area contributed by atoms with Gasteiger partial charge in [-0.25, -0.2) is 4.98 Å². The van der Waals surface area contributed by atoms with Crippen LogP contribution in [0.3, 0.4) is 0 Å². The summed E-state index contributed by atoms with van der Waals surface area (Å²) >= 11 is 1.78. The number of carbonyl (C=O) groups excluding carboxylic acids is 1. The molecule has 0 fully saturated rings. The molecule has 1 aliphatic rings. The van der Waals surface area contributed by atoms with Crippen molar-refractivity contribution >= 4 is 17.2 Å². The van der Waals surface area contributed by atoms with Crippen LogP contribution >= 0.6 is 11.3 Å². The highest BCUT2D eigenvalue weighted by molar-refractivity contribution is 7.11. The van der Waals surface area contributed by atoms with Gasteiger partial charge in [0.2, 0.25) is 5.91 Å². The van der Waals surface area contributed by atoms with E-state index in [9.17, 15) is 4.79 Å². The predicted octanol–water partition coefficient (Wildman–Crippen LogP) is 3.13. The number of aryl methyl sites for hydroxylation is 4. The highest BCUT2D eigenvalue weighted by Gasteiger charge is 2.26. The Kier molecular flexibility index (Phi) is 4.76. The lowest BCUT2D eigenvalue weighted by Gasteiger charge is -2.21. The summed E-state index contributed by atoms with van der Waals surface area (Å²) < 4.78 is 1.85. The fourth-order valence-corrected chi connectivity index (χ4v) is 4.83. The highest BCUT2D eigenvalue weighted by Crippen LogP contribution is 2.28. The van der Waals surface area contributed by atoms with Crippen LogP contribution in [0.5, 0.6) is 0 Å². The number of hydrogen-bond acceptors (Lipinski definition) is 4. The summed E-state index contributed by atoms with van der Waals surface area (Å²) in [7, 11) is 3.80. The second-order valence-corrected chi connectivity index (χ2v) is 7.98. The van der Waals surface area contributed by atoms with Crippen LogP contribution in [0, 0.1) is 13.8 Å². The van der Waals surface area contributed by atoms with Crippen LogP contribution in [0.25, 0.3) is 0 Å². The first-order valence-electron chi connectivity index (χ1n) is 8.61. The molecule has 6 heteroatoms. The summed E-state index contributed by atoms with van der Waals surface area (Å²) in [4.78, 5) is 20.8.